The standard InChI is InChI=1S/C16H16Cl2O3/c1-16(2)7-13(20)15(14(21)8-16)12(19)5-9-3-4-10(17)6-11(9)18/h3-4,6,19H,5,7-8H2,1-2H3/p-1. The zero-order valence-electron chi connectivity index (χ0n) is 11.8. The van der Waals surface area contributed by atoms with Crippen LogP contribution in [0.25, 0.3) is 0 Å². The van der Waals surface area contributed by atoms with Gasteiger partial charge in [0.05, 0.1) is 0 Å². The Morgan fingerprint density at radius 2 is 1.76 bits per heavy atom. The summed E-state index contributed by atoms with van der Waals surface area (Å²) in [6, 6.07) is 4.78. The normalized spacial score (nSPS) is 18.0. The molecule has 21 heavy (non-hydrogen) atoms. The van der Waals surface area contributed by atoms with E-state index in [4.69, 9.17) is 23.2 Å². The molecule has 1 saturated carbocycles. The zero-order valence-corrected chi connectivity index (χ0v) is 13.3. The SMILES string of the molecule is CC1(C)CC(=O)C(=C([O-])Cc2ccc(Cl)cc2Cl)C(=O)C1. The van der Waals surface area contributed by atoms with Crippen LogP contribution in [0.5, 0.6) is 0 Å². The van der Waals surface area contributed by atoms with Crippen molar-refractivity contribution in [2.45, 2.75) is 33.1 Å². The van der Waals surface area contributed by atoms with Crippen molar-refractivity contribution in [2.75, 3.05) is 0 Å². The van der Waals surface area contributed by atoms with Crippen LogP contribution in [0.4, 0.5) is 0 Å². The maximum atomic E-state index is 12.3. The van der Waals surface area contributed by atoms with Crippen LogP contribution in [0.2, 0.25) is 10.0 Å². The Morgan fingerprint density at radius 3 is 2.29 bits per heavy atom. The third kappa shape index (κ3) is 3.66. The van der Waals surface area contributed by atoms with Gasteiger partial charge in [0, 0.05) is 28.5 Å². The maximum Gasteiger partial charge on any atom is 0.166 e. The van der Waals surface area contributed by atoms with Crippen molar-refractivity contribution in [3.05, 3.63) is 45.1 Å². The molecule has 0 spiro atoms. The number of Topliss-reactive ketones (excluding diaryl/α,β-unsaturated/α-hetero) is 2. The fourth-order valence-electron chi connectivity index (χ4n) is 2.50. The molecule has 0 atom stereocenters. The molecule has 0 heterocycles. The van der Waals surface area contributed by atoms with Crippen molar-refractivity contribution >= 4 is 34.8 Å². The van der Waals surface area contributed by atoms with Crippen LogP contribution in [0.3, 0.4) is 0 Å². The van der Waals surface area contributed by atoms with E-state index < -0.39 is 5.76 Å². The molecule has 2 rings (SSSR count). The van der Waals surface area contributed by atoms with Gasteiger partial charge in [0.25, 0.3) is 0 Å². The molecule has 1 aromatic rings. The minimum absolute atomic E-state index is 0.0662. The molecular weight excluding hydrogens is 311 g/mol. The van der Waals surface area contributed by atoms with Gasteiger partial charge in [0.15, 0.2) is 11.6 Å². The number of benzene rings is 1. The van der Waals surface area contributed by atoms with E-state index in [1.807, 2.05) is 13.8 Å². The van der Waals surface area contributed by atoms with Gasteiger partial charge >= 0.3 is 0 Å². The molecule has 112 valence electrons. The summed E-state index contributed by atoms with van der Waals surface area (Å²) in [5.74, 6) is -1.21. The van der Waals surface area contributed by atoms with E-state index in [9.17, 15) is 14.7 Å². The lowest BCUT2D eigenvalue weighted by Crippen LogP contribution is -2.34. The Labute approximate surface area is 133 Å². The molecule has 1 aliphatic rings. The first-order chi connectivity index (χ1) is 9.69. The highest BCUT2D eigenvalue weighted by atomic mass is 35.5. The Balaban J connectivity index is 2.31. The van der Waals surface area contributed by atoms with Gasteiger partial charge in [-0.1, -0.05) is 43.1 Å². The number of ketones is 2. The van der Waals surface area contributed by atoms with E-state index in [1.165, 1.54) is 6.07 Å². The van der Waals surface area contributed by atoms with Crippen molar-refractivity contribution in [1.29, 1.82) is 0 Å². The van der Waals surface area contributed by atoms with E-state index in [0.29, 0.717) is 15.6 Å². The predicted octanol–water partition coefficient (Wildman–Crippen LogP) is 3.11. The summed E-state index contributed by atoms with van der Waals surface area (Å²) in [6.07, 6.45) is 0.367. The van der Waals surface area contributed by atoms with E-state index in [1.54, 1.807) is 12.1 Å². The highest BCUT2D eigenvalue weighted by molar-refractivity contribution is 6.35. The van der Waals surface area contributed by atoms with Crippen LogP contribution in [0, 0.1) is 5.41 Å². The minimum atomic E-state index is -0.468. The first-order valence-electron chi connectivity index (χ1n) is 6.60. The average molecular weight is 326 g/mol. The minimum Gasteiger partial charge on any atom is -0.875 e. The average Bonchev–Trinajstić information content (AvgIpc) is 2.30. The van der Waals surface area contributed by atoms with Crippen LogP contribution >= 0.6 is 23.2 Å². The van der Waals surface area contributed by atoms with Gasteiger partial charge in [0.1, 0.15) is 0 Å². The summed E-state index contributed by atoms with van der Waals surface area (Å²) in [5, 5.41) is 13.1. The molecule has 3 nitrogen and oxygen atoms in total. The molecule has 1 aliphatic carbocycles. The molecule has 0 aliphatic heterocycles. The largest absolute Gasteiger partial charge is 0.875 e. The quantitative estimate of drug-likeness (QED) is 0.477. The summed E-state index contributed by atoms with van der Waals surface area (Å²) >= 11 is 11.8. The molecule has 0 aromatic heterocycles. The molecule has 0 bridgehead atoms. The predicted molar refractivity (Wildman–Crippen MR) is 80.2 cm³/mol. The number of allylic oxidation sites excluding steroid dienone is 2. The first kappa shape index (κ1) is 16.1. The molecule has 0 saturated heterocycles. The zero-order chi connectivity index (χ0) is 15.8. The molecule has 5 heteroatoms. The topological polar surface area (TPSA) is 57.2 Å². The fourth-order valence-corrected chi connectivity index (χ4v) is 2.98. The highest BCUT2D eigenvalue weighted by Crippen LogP contribution is 2.34. The summed E-state index contributed by atoms with van der Waals surface area (Å²) in [6.45, 7) is 3.69. The van der Waals surface area contributed by atoms with Gasteiger partial charge in [-0.05, 0) is 29.5 Å². The second-order valence-electron chi connectivity index (χ2n) is 6.07. The van der Waals surface area contributed by atoms with Crippen LogP contribution in [0.1, 0.15) is 32.3 Å². The van der Waals surface area contributed by atoms with Gasteiger partial charge in [0.2, 0.25) is 0 Å². The van der Waals surface area contributed by atoms with Gasteiger partial charge in [-0.3, -0.25) is 9.59 Å². The lowest BCUT2D eigenvalue weighted by atomic mass is 9.73. The Morgan fingerprint density at radius 1 is 1.19 bits per heavy atom. The number of hydrogen-bond acceptors (Lipinski definition) is 3. The molecule has 1 aromatic carbocycles. The van der Waals surface area contributed by atoms with Crippen molar-refractivity contribution in [3.63, 3.8) is 0 Å². The van der Waals surface area contributed by atoms with E-state index >= 15 is 0 Å². The first-order valence-corrected chi connectivity index (χ1v) is 7.36. The van der Waals surface area contributed by atoms with Gasteiger partial charge < -0.3 is 5.11 Å². The van der Waals surface area contributed by atoms with Crippen LogP contribution < -0.4 is 5.11 Å². The van der Waals surface area contributed by atoms with Crippen molar-refractivity contribution in [3.8, 4) is 0 Å². The van der Waals surface area contributed by atoms with Crippen LogP contribution in [0.15, 0.2) is 29.5 Å². The molecule has 0 radical (unpaired) electrons. The Bertz CT molecular complexity index is 623. The Kier molecular flexibility index (Phi) is 4.45. The van der Waals surface area contributed by atoms with Crippen LogP contribution in [-0.4, -0.2) is 11.6 Å². The van der Waals surface area contributed by atoms with E-state index in [0.717, 1.165) is 0 Å². The number of rotatable bonds is 2. The van der Waals surface area contributed by atoms with Gasteiger partial charge in [-0.15, -0.1) is 5.76 Å². The van der Waals surface area contributed by atoms with Crippen molar-refractivity contribution < 1.29 is 14.7 Å². The highest BCUT2D eigenvalue weighted by Gasteiger charge is 2.35. The molecular formula is C16H15Cl2O3-. The Hall–Kier alpha value is -1.32. The van der Waals surface area contributed by atoms with Crippen LogP contribution in [-0.2, 0) is 16.0 Å². The van der Waals surface area contributed by atoms with E-state index in [-0.39, 0.29) is 41.8 Å². The summed E-state index contributed by atoms with van der Waals surface area (Å²) in [7, 11) is 0. The maximum absolute atomic E-state index is 12.3. The molecule has 0 N–H and O–H groups in total. The molecule has 1 fully saturated rings. The molecule has 0 amide bonds. The van der Waals surface area contributed by atoms with Gasteiger partial charge in [-0.25, -0.2) is 0 Å². The number of carbonyl (C=O) groups is 2. The fraction of sp³-hybridized carbons (Fsp3) is 0.375. The second-order valence-corrected chi connectivity index (χ2v) is 6.92. The van der Waals surface area contributed by atoms with Crippen molar-refractivity contribution in [2.24, 2.45) is 5.41 Å². The molecule has 0 unspecified atom stereocenters. The third-order valence-electron chi connectivity index (χ3n) is 3.48. The van der Waals surface area contributed by atoms with E-state index in [2.05, 4.69) is 0 Å². The lowest BCUT2D eigenvalue weighted by Gasteiger charge is -2.31. The number of carbonyl (C=O) groups excluding carboxylic acids is 2. The summed E-state index contributed by atoms with van der Waals surface area (Å²) in [5.41, 5.74) is -0.0140. The third-order valence-corrected chi connectivity index (χ3v) is 4.07. The number of halogens is 2. The smallest absolute Gasteiger partial charge is 0.166 e. The second kappa shape index (κ2) is 5.82. The van der Waals surface area contributed by atoms with Crippen molar-refractivity contribution in [1.82, 2.24) is 0 Å². The number of hydrogen-bond donors (Lipinski definition) is 0. The monoisotopic (exact) mass is 325 g/mol. The summed E-state index contributed by atoms with van der Waals surface area (Å²) in [4.78, 5) is 24.1. The summed E-state index contributed by atoms with van der Waals surface area (Å²) < 4.78 is 0. The lowest BCUT2D eigenvalue weighted by molar-refractivity contribution is -0.306. The van der Waals surface area contributed by atoms with Gasteiger partial charge in [-0.2, -0.15) is 0 Å².